The molecule has 0 aliphatic heterocycles. The van der Waals surface area contributed by atoms with E-state index >= 15 is 0 Å². The van der Waals surface area contributed by atoms with Gasteiger partial charge in [0.25, 0.3) is 11.3 Å². The average Bonchev–Trinajstić information content (AvgIpc) is 2.37. The van der Waals surface area contributed by atoms with Gasteiger partial charge in [0.05, 0.1) is 5.57 Å². The molecule has 0 unspecified atom stereocenters. The van der Waals surface area contributed by atoms with Crippen LogP contribution in [0.25, 0.3) is 0 Å². The molecule has 0 aromatic rings. The fraction of sp³-hybridized carbons (Fsp3) is 0.833. The van der Waals surface area contributed by atoms with Gasteiger partial charge < -0.3 is 0 Å². The van der Waals surface area contributed by atoms with E-state index < -0.39 is 71.1 Å². The van der Waals surface area contributed by atoms with Crippen molar-refractivity contribution in [2.24, 2.45) is 11.3 Å². The standard InChI is InChI=1S/C12HF21/c13-5(11(28,29)30,12(31,32)33)2-1(3(7(16,17)18)8(19,20)21)4(6(2,14)15,9(22,23)24)10(25,26)27/h3H. The number of allylic oxidation sites excluding steroid dienone is 2. The van der Waals surface area contributed by atoms with Gasteiger partial charge in [-0.15, -0.1) is 0 Å². The molecular formula is C12HF21. The summed E-state index contributed by atoms with van der Waals surface area (Å²) in [4.78, 5) is 0. The Bertz CT molecular complexity index is 744. The van der Waals surface area contributed by atoms with Gasteiger partial charge in [0.1, 0.15) is 0 Å². The van der Waals surface area contributed by atoms with Crippen LogP contribution < -0.4 is 0 Å². The van der Waals surface area contributed by atoms with Crippen molar-refractivity contribution in [2.45, 2.75) is 48.6 Å². The predicted octanol–water partition coefficient (Wildman–Crippen LogP) is 7.62. The Morgan fingerprint density at radius 1 is 0.485 bits per heavy atom. The van der Waals surface area contributed by atoms with Crippen LogP contribution in [-0.2, 0) is 0 Å². The van der Waals surface area contributed by atoms with Crippen molar-refractivity contribution < 1.29 is 92.2 Å². The largest absolute Gasteiger partial charge is 0.435 e. The second kappa shape index (κ2) is 6.91. The molecular weight excluding hydrogens is 543 g/mol. The second-order valence-electron chi connectivity index (χ2n) is 6.28. The van der Waals surface area contributed by atoms with E-state index in [0.717, 1.165) is 0 Å². The average molecular weight is 544 g/mol. The number of alkyl halides is 21. The molecule has 1 aliphatic carbocycles. The molecule has 0 nitrogen and oxygen atoms in total. The van der Waals surface area contributed by atoms with Crippen molar-refractivity contribution in [3.05, 3.63) is 11.1 Å². The number of halogens is 21. The molecule has 1 aliphatic rings. The highest BCUT2D eigenvalue weighted by Gasteiger charge is 2.97. The molecule has 0 amide bonds. The second-order valence-corrected chi connectivity index (χ2v) is 6.28. The molecule has 0 N–H and O–H groups in total. The Morgan fingerprint density at radius 3 is 0.939 bits per heavy atom. The van der Waals surface area contributed by atoms with Crippen molar-refractivity contribution in [3.8, 4) is 0 Å². The molecule has 0 aromatic carbocycles. The molecule has 0 atom stereocenters. The lowest BCUT2D eigenvalue weighted by Gasteiger charge is -2.57. The van der Waals surface area contributed by atoms with E-state index in [1.165, 1.54) is 0 Å². The molecule has 33 heavy (non-hydrogen) atoms. The summed E-state index contributed by atoms with van der Waals surface area (Å²) in [6, 6.07) is 0. The zero-order valence-electron chi connectivity index (χ0n) is 14.0. The third-order valence-electron chi connectivity index (χ3n) is 4.38. The van der Waals surface area contributed by atoms with Crippen LogP contribution in [0.5, 0.6) is 0 Å². The van der Waals surface area contributed by atoms with Crippen LogP contribution >= 0.6 is 0 Å². The molecule has 0 spiro atoms. The third kappa shape index (κ3) is 3.66. The van der Waals surface area contributed by atoms with Crippen LogP contribution in [0.2, 0.25) is 0 Å². The number of hydrogen-bond acceptors (Lipinski definition) is 0. The smallest absolute Gasteiger partial charge is 0.218 e. The van der Waals surface area contributed by atoms with E-state index in [9.17, 15) is 92.2 Å². The molecule has 21 heteroatoms. The van der Waals surface area contributed by atoms with Gasteiger partial charge in [0.15, 0.2) is 5.92 Å². The lowest BCUT2D eigenvalue weighted by molar-refractivity contribution is -0.417. The molecule has 196 valence electrons. The first kappa shape index (κ1) is 29.3. The van der Waals surface area contributed by atoms with Gasteiger partial charge in [0.2, 0.25) is 0 Å². The maximum Gasteiger partial charge on any atom is 0.435 e. The Hall–Kier alpha value is -1.73. The molecule has 0 radical (unpaired) electrons. The lowest BCUT2D eigenvalue weighted by Crippen LogP contribution is -2.76. The third-order valence-corrected chi connectivity index (χ3v) is 4.38. The summed E-state index contributed by atoms with van der Waals surface area (Å²) in [5.74, 6) is -14.6. The van der Waals surface area contributed by atoms with Gasteiger partial charge in [0, 0.05) is 0 Å². The van der Waals surface area contributed by atoms with Gasteiger partial charge in [-0.1, -0.05) is 0 Å². The number of hydrogen-bond donors (Lipinski definition) is 0. The molecule has 0 aromatic heterocycles. The Kier molecular flexibility index (Phi) is 6.13. The van der Waals surface area contributed by atoms with E-state index in [1.807, 2.05) is 0 Å². The first-order valence-corrected chi connectivity index (χ1v) is 7.08. The fourth-order valence-electron chi connectivity index (χ4n) is 3.19. The highest BCUT2D eigenvalue weighted by atomic mass is 19.4. The van der Waals surface area contributed by atoms with Crippen LogP contribution in [-0.4, -0.2) is 48.6 Å². The van der Waals surface area contributed by atoms with Gasteiger partial charge >= 0.3 is 42.7 Å². The van der Waals surface area contributed by atoms with E-state index in [2.05, 4.69) is 0 Å². The highest BCUT2D eigenvalue weighted by Crippen LogP contribution is 2.78. The maximum atomic E-state index is 14.0. The quantitative estimate of drug-likeness (QED) is 0.248. The van der Waals surface area contributed by atoms with Gasteiger partial charge in [-0.3, -0.25) is 0 Å². The zero-order valence-corrected chi connectivity index (χ0v) is 14.0. The Balaban J connectivity index is 4.63. The summed E-state index contributed by atoms with van der Waals surface area (Å²) >= 11 is 0. The summed E-state index contributed by atoms with van der Waals surface area (Å²) < 4.78 is 273. The van der Waals surface area contributed by atoms with Crippen molar-refractivity contribution >= 4 is 0 Å². The van der Waals surface area contributed by atoms with Crippen molar-refractivity contribution in [2.75, 3.05) is 0 Å². The van der Waals surface area contributed by atoms with Crippen molar-refractivity contribution in [1.29, 1.82) is 0 Å². The highest BCUT2D eigenvalue weighted by molar-refractivity contribution is 5.55. The molecule has 0 saturated carbocycles. The maximum absolute atomic E-state index is 14.0. The summed E-state index contributed by atoms with van der Waals surface area (Å²) in [5, 5.41) is 0. The van der Waals surface area contributed by atoms with E-state index in [4.69, 9.17) is 0 Å². The van der Waals surface area contributed by atoms with E-state index in [1.54, 1.807) is 0 Å². The molecule has 0 heterocycles. The first-order valence-electron chi connectivity index (χ1n) is 7.08. The minimum atomic E-state index is -8.19. The normalized spacial score (nSPS) is 20.9. The summed E-state index contributed by atoms with van der Waals surface area (Å²) in [5.41, 5.74) is -26.8. The molecule has 0 saturated heterocycles. The Morgan fingerprint density at radius 2 is 0.758 bits per heavy atom. The molecule has 0 fully saturated rings. The van der Waals surface area contributed by atoms with Gasteiger partial charge in [-0.05, 0) is 5.57 Å². The SMILES string of the molecule is FC(F)(F)C(C1=C(C(F)(C(F)(F)F)C(F)(F)F)C(F)(F)C1(C(F)(F)F)C(F)(F)F)C(F)(F)F. The van der Waals surface area contributed by atoms with E-state index in [-0.39, 0.29) is 0 Å². The van der Waals surface area contributed by atoms with Crippen LogP contribution in [0.3, 0.4) is 0 Å². The summed E-state index contributed by atoms with van der Waals surface area (Å²) in [6.45, 7) is 0. The zero-order chi connectivity index (χ0) is 27.2. The topological polar surface area (TPSA) is 0 Å². The van der Waals surface area contributed by atoms with Crippen LogP contribution in [0.1, 0.15) is 0 Å². The van der Waals surface area contributed by atoms with Crippen LogP contribution in [0.4, 0.5) is 92.2 Å². The molecule has 0 bridgehead atoms. The van der Waals surface area contributed by atoms with Crippen molar-refractivity contribution in [3.63, 3.8) is 0 Å². The predicted molar refractivity (Wildman–Crippen MR) is 58.1 cm³/mol. The van der Waals surface area contributed by atoms with Gasteiger partial charge in [-0.25, -0.2) is 4.39 Å². The lowest BCUT2D eigenvalue weighted by atomic mass is 9.52. The number of rotatable bonds is 2. The van der Waals surface area contributed by atoms with E-state index in [0.29, 0.717) is 0 Å². The van der Waals surface area contributed by atoms with Gasteiger partial charge in [-0.2, -0.15) is 87.8 Å². The minimum absolute atomic E-state index is 5.27. The van der Waals surface area contributed by atoms with Crippen LogP contribution in [0, 0.1) is 11.3 Å². The summed E-state index contributed by atoms with van der Waals surface area (Å²) in [7, 11) is 0. The van der Waals surface area contributed by atoms with Crippen LogP contribution in [0.15, 0.2) is 11.1 Å². The fourth-order valence-corrected chi connectivity index (χ4v) is 3.19. The first-order chi connectivity index (χ1) is 13.9. The van der Waals surface area contributed by atoms with Crippen molar-refractivity contribution in [1.82, 2.24) is 0 Å². The summed E-state index contributed by atoms with van der Waals surface area (Å²) in [6.07, 6.45) is -47.8. The minimum Gasteiger partial charge on any atom is -0.218 e. The Labute approximate surface area is 165 Å². The molecule has 1 rings (SSSR count). The monoisotopic (exact) mass is 544 g/mol.